The molecule has 0 rings (SSSR count). The third kappa shape index (κ3) is 8.36. The first-order valence-corrected chi connectivity index (χ1v) is 4.50. The lowest BCUT2D eigenvalue weighted by Crippen LogP contribution is -1.98. The highest BCUT2D eigenvalue weighted by molar-refractivity contribution is 5.82. The van der Waals surface area contributed by atoms with Gasteiger partial charge in [-0.05, 0) is 19.4 Å². The minimum atomic E-state index is -0.376. The number of rotatable bonds is 4. The number of carbonyl (C=O) groups excluding carboxylic acids is 1. The zero-order valence-electron chi connectivity index (χ0n) is 8.25. The van der Waals surface area contributed by atoms with Gasteiger partial charge < -0.3 is 4.74 Å². The summed E-state index contributed by atoms with van der Waals surface area (Å²) in [7, 11) is 0. The average molecular weight is 191 g/mol. The lowest BCUT2D eigenvalue weighted by molar-refractivity contribution is -0.137. The fourth-order valence-electron chi connectivity index (χ4n) is 0.687. The smallest absolute Gasteiger partial charge is 0.331 e. The van der Waals surface area contributed by atoms with Crippen molar-refractivity contribution in [3.8, 4) is 17.9 Å². The zero-order valence-corrected chi connectivity index (χ0v) is 8.25. The SMILES string of the molecule is CCOC(=O)/C=C\C#CCCCC#N. The molecule has 0 aliphatic heterocycles. The van der Waals surface area contributed by atoms with Crippen LogP contribution in [0.2, 0.25) is 0 Å². The Balaban J connectivity index is 3.59. The molecule has 0 spiro atoms. The Kier molecular flexibility index (Phi) is 8.19. The predicted molar refractivity (Wildman–Crippen MR) is 53.0 cm³/mol. The maximum Gasteiger partial charge on any atom is 0.331 e. The number of nitrogens with zero attached hydrogens (tertiary/aromatic N) is 1. The van der Waals surface area contributed by atoms with Gasteiger partial charge in [0.15, 0.2) is 0 Å². The number of nitriles is 1. The van der Waals surface area contributed by atoms with Gasteiger partial charge in [0.05, 0.1) is 12.7 Å². The lowest BCUT2D eigenvalue weighted by atomic mass is 10.2. The van der Waals surface area contributed by atoms with Gasteiger partial charge in [0.1, 0.15) is 0 Å². The molecule has 0 bridgehead atoms. The Hall–Kier alpha value is -1.74. The highest BCUT2D eigenvalue weighted by Gasteiger charge is 1.89. The molecule has 0 aromatic heterocycles. The molecule has 0 saturated carbocycles. The fourth-order valence-corrected chi connectivity index (χ4v) is 0.687. The van der Waals surface area contributed by atoms with Crippen LogP contribution < -0.4 is 0 Å². The van der Waals surface area contributed by atoms with Crippen molar-refractivity contribution in [1.82, 2.24) is 0 Å². The molecule has 14 heavy (non-hydrogen) atoms. The molecule has 0 amide bonds. The molecule has 0 aliphatic rings. The molecule has 0 heterocycles. The van der Waals surface area contributed by atoms with Crippen LogP contribution in [0, 0.1) is 23.2 Å². The van der Waals surface area contributed by atoms with E-state index < -0.39 is 0 Å². The van der Waals surface area contributed by atoms with Gasteiger partial charge in [-0.2, -0.15) is 5.26 Å². The molecule has 0 fully saturated rings. The van der Waals surface area contributed by atoms with E-state index >= 15 is 0 Å². The maximum absolute atomic E-state index is 10.8. The largest absolute Gasteiger partial charge is 0.463 e. The third-order valence-corrected chi connectivity index (χ3v) is 1.28. The molecule has 0 atom stereocenters. The van der Waals surface area contributed by atoms with E-state index in [4.69, 9.17) is 5.26 Å². The van der Waals surface area contributed by atoms with E-state index in [9.17, 15) is 4.79 Å². The number of allylic oxidation sites excluding steroid dienone is 1. The molecule has 74 valence electrons. The Bertz CT molecular complexity index is 289. The van der Waals surface area contributed by atoms with Crippen LogP contribution in [0.15, 0.2) is 12.2 Å². The molecule has 0 unspecified atom stereocenters. The zero-order chi connectivity index (χ0) is 10.6. The van der Waals surface area contributed by atoms with Crippen molar-refractivity contribution in [1.29, 1.82) is 5.26 Å². The third-order valence-electron chi connectivity index (χ3n) is 1.28. The Morgan fingerprint density at radius 3 is 2.93 bits per heavy atom. The van der Waals surface area contributed by atoms with Crippen LogP contribution in [0.1, 0.15) is 26.2 Å². The summed E-state index contributed by atoms with van der Waals surface area (Å²) in [6, 6.07) is 2.03. The van der Waals surface area contributed by atoms with Gasteiger partial charge in [-0.1, -0.05) is 11.8 Å². The monoisotopic (exact) mass is 191 g/mol. The van der Waals surface area contributed by atoms with Crippen LogP contribution in [0.5, 0.6) is 0 Å². The van der Waals surface area contributed by atoms with Gasteiger partial charge in [-0.3, -0.25) is 0 Å². The van der Waals surface area contributed by atoms with Crippen molar-refractivity contribution in [3.05, 3.63) is 12.2 Å². The lowest BCUT2D eigenvalue weighted by Gasteiger charge is -1.91. The van der Waals surface area contributed by atoms with Gasteiger partial charge in [-0.15, -0.1) is 0 Å². The summed E-state index contributed by atoms with van der Waals surface area (Å²) in [6.45, 7) is 2.12. The van der Waals surface area contributed by atoms with Crippen molar-refractivity contribution in [2.45, 2.75) is 26.2 Å². The molecule has 0 saturated heterocycles. The normalized spacial score (nSPS) is 8.86. The summed E-state index contributed by atoms with van der Waals surface area (Å²) in [5.74, 6) is 5.14. The van der Waals surface area contributed by atoms with Crippen molar-refractivity contribution >= 4 is 5.97 Å². The summed E-state index contributed by atoms with van der Waals surface area (Å²) in [4.78, 5) is 10.8. The van der Waals surface area contributed by atoms with E-state index in [0.717, 1.165) is 6.42 Å². The molecule has 3 nitrogen and oxygen atoms in total. The molecule has 0 N–H and O–H groups in total. The van der Waals surface area contributed by atoms with Crippen molar-refractivity contribution in [3.63, 3.8) is 0 Å². The molecule has 0 aromatic carbocycles. The first-order valence-electron chi connectivity index (χ1n) is 4.50. The predicted octanol–water partition coefficient (Wildman–Crippen LogP) is 1.80. The van der Waals surface area contributed by atoms with Crippen LogP contribution in [0.25, 0.3) is 0 Å². The van der Waals surface area contributed by atoms with Gasteiger partial charge >= 0.3 is 5.97 Å². The summed E-state index contributed by atoms with van der Waals surface area (Å²) in [6.07, 6.45) is 4.74. The Labute approximate surface area is 84.4 Å². The van der Waals surface area contributed by atoms with Crippen molar-refractivity contribution in [2.75, 3.05) is 6.61 Å². The van der Waals surface area contributed by atoms with Crippen molar-refractivity contribution < 1.29 is 9.53 Å². The highest BCUT2D eigenvalue weighted by atomic mass is 16.5. The van der Waals surface area contributed by atoms with Crippen molar-refractivity contribution in [2.24, 2.45) is 0 Å². The second-order valence-corrected chi connectivity index (χ2v) is 2.42. The number of hydrogen-bond acceptors (Lipinski definition) is 3. The van der Waals surface area contributed by atoms with E-state index in [1.54, 1.807) is 6.92 Å². The summed E-state index contributed by atoms with van der Waals surface area (Å²) >= 11 is 0. The standard InChI is InChI=1S/C11H13NO2/c1-2-14-11(13)9-7-5-3-4-6-8-10-12/h7,9H,2,4,6,8H2,1H3/b9-7-. The van der Waals surface area contributed by atoms with E-state index in [2.05, 4.69) is 16.6 Å². The van der Waals surface area contributed by atoms with Gasteiger partial charge in [0.25, 0.3) is 0 Å². The summed E-state index contributed by atoms with van der Waals surface area (Å²) < 4.78 is 4.65. The topological polar surface area (TPSA) is 50.1 Å². The Morgan fingerprint density at radius 1 is 1.50 bits per heavy atom. The molecule has 0 aliphatic carbocycles. The van der Waals surface area contributed by atoms with E-state index in [1.807, 2.05) is 6.07 Å². The van der Waals surface area contributed by atoms with Crippen LogP contribution in [-0.4, -0.2) is 12.6 Å². The molecule has 3 heteroatoms. The minimum absolute atomic E-state index is 0.374. The minimum Gasteiger partial charge on any atom is -0.463 e. The summed E-state index contributed by atoms with van der Waals surface area (Å²) in [5, 5.41) is 8.23. The van der Waals surface area contributed by atoms with Crippen LogP contribution in [0.4, 0.5) is 0 Å². The van der Waals surface area contributed by atoms with E-state index in [0.29, 0.717) is 19.4 Å². The first-order chi connectivity index (χ1) is 6.81. The second kappa shape index (κ2) is 9.35. The number of esters is 1. The number of ether oxygens (including phenoxy) is 1. The molecular weight excluding hydrogens is 178 g/mol. The van der Waals surface area contributed by atoms with Gasteiger partial charge in [-0.25, -0.2) is 4.79 Å². The van der Waals surface area contributed by atoms with Crippen LogP contribution in [0.3, 0.4) is 0 Å². The average Bonchev–Trinajstić information content (AvgIpc) is 2.17. The fraction of sp³-hybridized carbons (Fsp3) is 0.455. The first kappa shape index (κ1) is 12.3. The second-order valence-electron chi connectivity index (χ2n) is 2.42. The highest BCUT2D eigenvalue weighted by Crippen LogP contribution is 1.90. The quantitative estimate of drug-likeness (QED) is 0.294. The number of hydrogen-bond donors (Lipinski definition) is 0. The molecule has 0 radical (unpaired) electrons. The number of unbranched alkanes of at least 4 members (excludes halogenated alkanes) is 2. The van der Waals surface area contributed by atoms with E-state index in [-0.39, 0.29) is 5.97 Å². The maximum atomic E-state index is 10.8. The van der Waals surface area contributed by atoms with E-state index in [1.165, 1.54) is 12.2 Å². The van der Waals surface area contributed by atoms with Gasteiger partial charge in [0, 0.05) is 18.9 Å². The van der Waals surface area contributed by atoms with Gasteiger partial charge in [0.2, 0.25) is 0 Å². The molecule has 0 aromatic rings. The Morgan fingerprint density at radius 2 is 2.29 bits per heavy atom. The number of carbonyl (C=O) groups is 1. The summed E-state index contributed by atoms with van der Waals surface area (Å²) in [5.41, 5.74) is 0. The molecular formula is C11H13NO2. The van der Waals surface area contributed by atoms with Crippen LogP contribution in [-0.2, 0) is 9.53 Å². The van der Waals surface area contributed by atoms with Crippen LogP contribution >= 0.6 is 0 Å².